The van der Waals surface area contributed by atoms with Crippen LogP contribution in [0.4, 0.5) is 4.79 Å². The van der Waals surface area contributed by atoms with Gasteiger partial charge in [0.2, 0.25) is 5.91 Å². The summed E-state index contributed by atoms with van der Waals surface area (Å²) >= 11 is 0. The molecule has 5 heteroatoms. The molecule has 0 aliphatic rings. The third-order valence-corrected chi connectivity index (χ3v) is 0.742. The molecule has 74 valence electrons. The second-order valence-electron chi connectivity index (χ2n) is 1.55. The summed E-state index contributed by atoms with van der Waals surface area (Å²) in [6, 6.07) is 0. The van der Waals surface area contributed by atoms with Gasteiger partial charge in [-0.15, -0.1) is 0 Å². The highest BCUT2D eigenvalue weighted by Crippen LogP contribution is 1.62. The van der Waals surface area contributed by atoms with E-state index in [0.717, 1.165) is 0 Å². The third kappa shape index (κ3) is 23.3. The molecule has 0 saturated heterocycles. The Morgan fingerprint density at radius 3 is 1.50 bits per heavy atom. The zero-order valence-electron chi connectivity index (χ0n) is 7.22. The molecule has 0 aromatic rings. The molecule has 0 aliphatic heterocycles. The molecule has 0 atom stereocenters. The van der Waals surface area contributed by atoms with Gasteiger partial charge in [0.15, 0.2) is 0 Å². The number of methoxy groups -OCH3 is 1. The van der Waals surface area contributed by atoms with Crippen LogP contribution in [0.25, 0.3) is 0 Å². The van der Waals surface area contributed by atoms with E-state index in [2.05, 4.69) is 15.4 Å². The Morgan fingerprint density at radius 2 is 1.50 bits per heavy atom. The van der Waals surface area contributed by atoms with E-state index in [1.54, 1.807) is 7.05 Å². The Labute approximate surface area is 73.5 Å². The number of alkyl carbamates (subject to hydrolysis) is 1. The van der Waals surface area contributed by atoms with Crippen LogP contribution < -0.4 is 10.6 Å². The molecule has 0 saturated carbocycles. The summed E-state index contributed by atoms with van der Waals surface area (Å²) in [5.74, 6) is 0.00463. The van der Waals surface area contributed by atoms with Crippen LogP contribution >= 0.6 is 0 Å². The van der Waals surface area contributed by atoms with E-state index in [4.69, 9.17) is 0 Å². The Morgan fingerprint density at radius 1 is 1.17 bits per heavy atom. The van der Waals surface area contributed by atoms with Crippen molar-refractivity contribution in [2.75, 3.05) is 21.2 Å². The highest BCUT2D eigenvalue weighted by Gasteiger charge is 1.85. The smallest absolute Gasteiger partial charge is 0.406 e. The molecule has 0 spiro atoms. The fourth-order valence-corrected chi connectivity index (χ4v) is 0.102. The maximum Gasteiger partial charge on any atom is 0.406 e. The zero-order valence-corrected chi connectivity index (χ0v) is 7.22. The van der Waals surface area contributed by atoms with E-state index in [1.807, 2.05) is 0 Å². The fourth-order valence-electron chi connectivity index (χ4n) is 0.102. The molecule has 12 heavy (non-hydrogen) atoms. The van der Waals surface area contributed by atoms with Gasteiger partial charge in [-0.05, 0) is 0 Å². The lowest BCUT2D eigenvalue weighted by Gasteiger charge is -1.90. The second-order valence-corrected chi connectivity index (χ2v) is 1.55. The monoisotopic (exact) mass is 178 g/mol. The normalized spacial score (nSPS) is 6.33. The molecule has 0 radical (unpaired) electrons. The fraction of sp³-hybridized carbons (Fsp3) is 0.714. The van der Waals surface area contributed by atoms with Gasteiger partial charge in [-0.3, -0.25) is 4.79 Å². The lowest BCUT2D eigenvalue weighted by molar-refractivity contribution is -0.118. The van der Waals surface area contributed by atoms with Gasteiger partial charge in [0.1, 0.15) is 0 Å². The maximum atomic E-state index is 9.85. The van der Waals surface area contributed by atoms with Gasteiger partial charge >= 0.3 is 6.09 Å². The minimum atomic E-state index is -0.407. The first-order chi connectivity index (χ1) is 5.08. The minimum absolute atomic E-state index is 0. The first-order valence-corrected chi connectivity index (χ1v) is 3.02. The van der Waals surface area contributed by atoms with Crippen LogP contribution in [0.1, 0.15) is 14.4 Å². The Hall–Kier alpha value is -1.26. The molecule has 2 amide bonds. The summed E-state index contributed by atoms with van der Waals surface area (Å²) in [4.78, 5) is 19.5. The SMILES string of the molecule is C.CNC(=O)OC.CNC(C)=O. The summed E-state index contributed by atoms with van der Waals surface area (Å²) < 4.78 is 4.15. The molecule has 0 aromatic carbocycles. The summed E-state index contributed by atoms with van der Waals surface area (Å²) in [6.45, 7) is 1.47. The minimum Gasteiger partial charge on any atom is -0.453 e. The van der Waals surface area contributed by atoms with Crippen molar-refractivity contribution < 1.29 is 14.3 Å². The number of hydrogen-bond donors (Lipinski definition) is 2. The van der Waals surface area contributed by atoms with Gasteiger partial charge in [-0.2, -0.15) is 0 Å². The van der Waals surface area contributed by atoms with E-state index >= 15 is 0 Å². The number of hydrogen-bond acceptors (Lipinski definition) is 3. The van der Waals surface area contributed by atoms with Crippen LogP contribution in [0.2, 0.25) is 0 Å². The molecule has 5 nitrogen and oxygen atoms in total. The lowest BCUT2D eigenvalue weighted by atomic mass is 10.7. The molecule has 0 heterocycles. The number of ether oxygens (including phenoxy) is 1. The number of nitrogens with one attached hydrogen (secondary N) is 2. The maximum absolute atomic E-state index is 9.85. The first-order valence-electron chi connectivity index (χ1n) is 3.02. The van der Waals surface area contributed by atoms with Crippen molar-refractivity contribution in [3.8, 4) is 0 Å². The Bertz CT molecular complexity index is 120. The van der Waals surface area contributed by atoms with Gasteiger partial charge in [0.05, 0.1) is 7.11 Å². The molecule has 0 fully saturated rings. The molecule has 0 rings (SSSR count). The molecule has 0 aliphatic carbocycles. The van der Waals surface area contributed by atoms with Crippen LogP contribution in [0, 0.1) is 0 Å². The summed E-state index contributed by atoms with van der Waals surface area (Å²) in [6.07, 6.45) is -0.407. The van der Waals surface area contributed by atoms with Gasteiger partial charge in [0.25, 0.3) is 0 Å². The van der Waals surface area contributed by atoms with Crippen LogP contribution in [0.5, 0.6) is 0 Å². The standard InChI is InChI=1S/C3H7NO2.C3H7NO.CH4/c1-4-3(5)6-2;1-3(5)4-2;/h1-2H3,(H,4,5);1-2H3,(H,4,5);1H4. The zero-order chi connectivity index (χ0) is 9.28. The van der Waals surface area contributed by atoms with Crippen LogP contribution in [-0.2, 0) is 9.53 Å². The predicted molar refractivity (Wildman–Crippen MR) is 47.9 cm³/mol. The molecular weight excluding hydrogens is 160 g/mol. The van der Waals surface area contributed by atoms with Gasteiger partial charge in [0, 0.05) is 21.0 Å². The quantitative estimate of drug-likeness (QED) is 0.563. The van der Waals surface area contributed by atoms with Crippen molar-refractivity contribution in [1.82, 2.24) is 10.6 Å². The van der Waals surface area contributed by atoms with Crippen molar-refractivity contribution in [3.05, 3.63) is 0 Å². The predicted octanol–water partition coefficient (Wildman–Crippen LogP) is 0.361. The van der Waals surface area contributed by atoms with Crippen molar-refractivity contribution >= 4 is 12.0 Å². The highest BCUT2D eigenvalue weighted by molar-refractivity contribution is 5.72. The van der Waals surface area contributed by atoms with E-state index in [1.165, 1.54) is 21.1 Å². The largest absolute Gasteiger partial charge is 0.453 e. The van der Waals surface area contributed by atoms with E-state index in [0.29, 0.717) is 0 Å². The average molecular weight is 178 g/mol. The van der Waals surface area contributed by atoms with Crippen LogP contribution in [0.3, 0.4) is 0 Å². The van der Waals surface area contributed by atoms with Crippen LogP contribution in [0.15, 0.2) is 0 Å². The van der Waals surface area contributed by atoms with Gasteiger partial charge in [-0.1, -0.05) is 7.43 Å². The number of carbonyl (C=O) groups excluding carboxylic acids is 2. The molecule has 2 N–H and O–H groups in total. The summed E-state index contributed by atoms with van der Waals surface area (Å²) in [5.41, 5.74) is 0. The van der Waals surface area contributed by atoms with Crippen molar-refractivity contribution in [1.29, 1.82) is 0 Å². The number of amides is 2. The summed E-state index contributed by atoms with van der Waals surface area (Å²) in [7, 11) is 4.42. The average Bonchev–Trinajstić information content (AvgIpc) is 2.04. The van der Waals surface area contributed by atoms with Crippen molar-refractivity contribution in [3.63, 3.8) is 0 Å². The Kier molecular flexibility index (Phi) is 17.6. The van der Waals surface area contributed by atoms with Crippen molar-refractivity contribution in [2.45, 2.75) is 14.4 Å². The van der Waals surface area contributed by atoms with E-state index < -0.39 is 6.09 Å². The molecule has 0 aromatic heterocycles. The number of rotatable bonds is 0. The van der Waals surface area contributed by atoms with Crippen LogP contribution in [-0.4, -0.2) is 33.2 Å². The topological polar surface area (TPSA) is 67.4 Å². The van der Waals surface area contributed by atoms with E-state index in [9.17, 15) is 9.59 Å². The first kappa shape index (κ1) is 17.0. The third-order valence-electron chi connectivity index (χ3n) is 0.742. The summed E-state index contributed by atoms with van der Waals surface area (Å²) in [5, 5.41) is 4.64. The van der Waals surface area contributed by atoms with Gasteiger partial charge < -0.3 is 15.4 Å². The lowest BCUT2D eigenvalue weighted by Crippen LogP contribution is -2.16. The molecule has 0 bridgehead atoms. The van der Waals surface area contributed by atoms with Gasteiger partial charge in [-0.25, -0.2) is 4.79 Å². The van der Waals surface area contributed by atoms with Crippen molar-refractivity contribution in [2.24, 2.45) is 0 Å². The van der Waals surface area contributed by atoms with E-state index in [-0.39, 0.29) is 13.3 Å². The number of carbonyl (C=O) groups is 2. The second kappa shape index (κ2) is 12.4. The Balaban J connectivity index is -0.000000126. The molecular formula is C7H18N2O3. The molecule has 0 unspecified atom stereocenters. The highest BCUT2D eigenvalue weighted by atomic mass is 16.5.